The van der Waals surface area contributed by atoms with Gasteiger partial charge >= 0.3 is 5.97 Å². The first-order valence-corrected chi connectivity index (χ1v) is 8.16. The number of nitrogens with one attached hydrogen (secondary N) is 1. The molecule has 1 aromatic carbocycles. The van der Waals surface area contributed by atoms with Gasteiger partial charge in [0.1, 0.15) is 5.82 Å². The Labute approximate surface area is 137 Å². The fourth-order valence-corrected chi connectivity index (χ4v) is 3.29. The molecule has 2 rings (SSSR count). The number of carboxylic acid groups (broad SMARTS) is 1. The van der Waals surface area contributed by atoms with Crippen molar-refractivity contribution in [3.8, 4) is 0 Å². The molecule has 0 spiro atoms. The van der Waals surface area contributed by atoms with E-state index >= 15 is 0 Å². The maximum absolute atomic E-state index is 13.2. The zero-order valence-electron chi connectivity index (χ0n) is 12.2. The normalized spacial score (nSPS) is 17.0. The van der Waals surface area contributed by atoms with Crippen LogP contribution in [-0.4, -0.2) is 23.5 Å². The van der Waals surface area contributed by atoms with Gasteiger partial charge in [-0.2, -0.15) is 0 Å². The molecule has 0 atom stereocenters. The molecule has 0 unspecified atom stereocenters. The molecule has 1 aromatic rings. The molecule has 0 radical (unpaired) electrons. The van der Waals surface area contributed by atoms with Crippen molar-refractivity contribution in [1.82, 2.24) is 5.32 Å². The molecule has 0 heterocycles. The summed E-state index contributed by atoms with van der Waals surface area (Å²) < 4.78 is 13.5. The summed E-state index contributed by atoms with van der Waals surface area (Å²) in [6, 6.07) is 4.41. The lowest BCUT2D eigenvalue weighted by atomic mass is 9.74. The number of benzene rings is 1. The third-order valence-corrected chi connectivity index (χ3v) is 4.84. The molecule has 0 aromatic heterocycles. The number of aliphatic carboxylic acids is 1. The Balaban J connectivity index is 1.93. The summed E-state index contributed by atoms with van der Waals surface area (Å²) in [7, 11) is 0. The van der Waals surface area contributed by atoms with Crippen molar-refractivity contribution >= 4 is 27.8 Å². The molecule has 22 heavy (non-hydrogen) atoms. The van der Waals surface area contributed by atoms with E-state index in [0.29, 0.717) is 22.9 Å². The minimum atomic E-state index is -0.836. The lowest BCUT2D eigenvalue weighted by Crippen LogP contribution is -2.44. The second kappa shape index (κ2) is 7.22. The van der Waals surface area contributed by atoms with Crippen LogP contribution in [0, 0.1) is 11.2 Å². The van der Waals surface area contributed by atoms with Gasteiger partial charge in [-0.1, -0.05) is 25.3 Å². The van der Waals surface area contributed by atoms with Crippen LogP contribution in [0.15, 0.2) is 22.7 Å². The quantitative estimate of drug-likeness (QED) is 0.834. The summed E-state index contributed by atoms with van der Waals surface area (Å²) in [5.41, 5.74) is -0.157. The Morgan fingerprint density at radius 1 is 1.27 bits per heavy atom. The van der Waals surface area contributed by atoms with Crippen LogP contribution in [0.2, 0.25) is 0 Å². The van der Waals surface area contributed by atoms with Crippen LogP contribution in [0.25, 0.3) is 0 Å². The molecular formula is C16H19BrFNO3. The van der Waals surface area contributed by atoms with Gasteiger partial charge in [0.25, 0.3) is 0 Å². The monoisotopic (exact) mass is 371 g/mol. The number of hydrogen-bond donors (Lipinski definition) is 2. The smallest absolute Gasteiger partial charge is 0.311 e. The Morgan fingerprint density at radius 3 is 2.55 bits per heavy atom. The highest BCUT2D eigenvalue weighted by Gasteiger charge is 2.39. The van der Waals surface area contributed by atoms with E-state index < -0.39 is 11.4 Å². The Hall–Kier alpha value is -1.43. The lowest BCUT2D eigenvalue weighted by Gasteiger charge is -2.33. The third-order valence-electron chi connectivity index (χ3n) is 4.24. The van der Waals surface area contributed by atoms with Gasteiger partial charge in [0.15, 0.2) is 0 Å². The molecule has 0 bridgehead atoms. The van der Waals surface area contributed by atoms with Gasteiger partial charge in [-0.25, -0.2) is 4.39 Å². The molecular weight excluding hydrogens is 353 g/mol. The molecule has 1 aliphatic rings. The molecule has 1 amide bonds. The van der Waals surface area contributed by atoms with E-state index in [1.807, 2.05) is 0 Å². The van der Waals surface area contributed by atoms with Gasteiger partial charge in [0, 0.05) is 6.54 Å². The minimum Gasteiger partial charge on any atom is -0.481 e. The maximum Gasteiger partial charge on any atom is 0.311 e. The Morgan fingerprint density at radius 2 is 1.95 bits per heavy atom. The summed E-state index contributed by atoms with van der Waals surface area (Å²) in [6.07, 6.45) is 4.12. The minimum absolute atomic E-state index is 0.106. The van der Waals surface area contributed by atoms with E-state index in [-0.39, 0.29) is 24.7 Å². The van der Waals surface area contributed by atoms with E-state index in [4.69, 9.17) is 0 Å². The fourth-order valence-electron chi connectivity index (χ4n) is 2.86. The van der Waals surface area contributed by atoms with Gasteiger partial charge in [0.05, 0.1) is 16.3 Å². The highest BCUT2D eigenvalue weighted by Crippen LogP contribution is 2.36. The number of carbonyl (C=O) groups is 2. The standard InChI is InChI=1S/C16H19BrFNO3/c17-12-8-11(4-5-13(12)18)9-14(20)19-10-16(15(21)22)6-2-1-3-7-16/h4-5,8H,1-3,6-7,9-10H2,(H,19,20)(H,21,22). The summed E-state index contributed by atoms with van der Waals surface area (Å²) in [5.74, 6) is -1.46. The third kappa shape index (κ3) is 4.06. The van der Waals surface area contributed by atoms with Crippen molar-refractivity contribution in [1.29, 1.82) is 0 Å². The Bertz CT molecular complexity index is 571. The first-order valence-electron chi connectivity index (χ1n) is 7.37. The SMILES string of the molecule is O=C(Cc1ccc(F)c(Br)c1)NCC1(C(=O)O)CCCCC1. The Kier molecular flexibility index (Phi) is 5.56. The van der Waals surface area contributed by atoms with E-state index in [1.54, 1.807) is 12.1 Å². The van der Waals surface area contributed by atoms with Crippen molar-refractivity contribution in [2.24, 2.45) is 5.41 Å². The van der Waals surface area contributed by atoms with Crippen LogP contribution >= 0.6 is 15.9 Å². The number of amides is 1. The summed E-state index contributed by atoms with van der Waals surface area (Å²) in [5, 5.41) is 12.2. The first-order chi connectivity index (χ1) is 10.4. The van der Waals surface area contributed by atoms with Crippen LogP contribution in [0.4, 0.5) is 4.39 Å². The van der Waals surface area contributed by atoms with Gasteiger partial charge < -0.3 is 10.4 Å². The number of carbonyl (C=O) groups excluding carboxylic acids is 1. The molecule has 1 fully saturated rings. The molecule has 1 saturated carbocycles. The van der Waals surface area contributed by atoms with Crippen LogP contribution in [0.1, 0.15) is 37.7 Å². The number of carboxylic acids is 1. The fraction of sp³-hybridized carbons (Fsp3) is 0.500. The van der Waals surface area contributed by atoms with Gasteiger partial charge in [-0.05, 0) is 46.5 Å². The molecule has 1 aliphatic carbocycles. The average molecular weight is 372 g/mol. The lowest BCUT2D eigenvalue weighted by molar-refractivity contribution is -0.151. The van der Waals surface area contributed by atoms with Crippen LogP contribution in [-0.2, 0) is 16.0 Å². The average Bonchev–Trinajstić information content (AvgIpc) is 2.50. The van der Waals surface area contributed by atoms with Crippen LogP contribution in [0.5, 0.6) is 0 Å². The zero-order valence-corrected chi connectivity index (χ0v) is 13.8. The second-order valence-corrected chi connectivity index (χ2v) is 6.70. The van der Waals surface area contributed by atoms with Crippen LogP contribution < -0.4 is 5.32 Å². The summed E-state index contributed by atoms with van der Waals surface area (Å²) in [4.78, 5) is 23.5. The largest absolute Gasteiger partial charge is 0.481 e. The molecule has 120 valence electrons. The molecule has 6 heteroatoms. The summed E-state index contributed by atoms with van der Waals surface area (Å²) >= 11 is 3.08. The second-order valence-electron chi connectivity index (χ2n) is 5.85. The van der Waals surface area contributed by atoms with E-state index in [0.717, 1.165) is 19.3 Å². The highest BCUT2D eigenvalue weighted by atomic mass is 79.9. The first kappa shape index (κ1) is 16.9. The number of hydrogen-bond acceptors (Lipinski definition) is 2. The van der Waals surface area contributed by atoms with Gasteiger partial charge in [-0.15, -0.1) is 0 Å². The predicted molar refractivity (Wildman–Crippen MR) is 84.0 cm³/mol. The molecule has 2 N–H and O–H groups in total. The molecule has 4 nitrogen and oxygen atoms in total. The van der Waals surface area contributed by atoms with Crippen molar-refractivity contribution < 1.29 is 19.1 Å². The van der Waals surface area contributed by atoms with E-state index in [1.165, 1.54) is 6.07 Å². The zero-order chi connectivity index (χ0) is 16.2. The van der Waals surface area contributed by atoms with Crippen LogP contribution in [0.3, 0.4) is 0 Å². The van der Waals surface area contributed by atoms with Crippen molar-refractivity contribution in [3.05, 3.63) is 34.1 Å². The molecule has 0 saturated heterocycles. The van der Waals surface area contributed by atoms with Crippen molar-refractivity contribution in [3.63, 3.8) is 0 Å². The highest BCUT2D eigenvalue weighted by molar-refractivity contribution is 9.10. The maximum atomic E-state index is 13.2. The summed E-state index contributed by atoms with van der Waals surface area (Å²) in [6.45, 7) is 0.156. The molecule has 0 aliphatic heterocycles. The van der Waals surface area contributed by atoms with E-state index in [2.05, 4.69) is 21.2 Å². The van der Waals surface area contributed by atoms with Gasteiger partial charge in [-0.3, -0.25) is 9.59 Å². The number of halogens is 2. The van der Waals surface area contributed by atoms with Crippen molar-refractivity contribution in [2.75, 3.05) is 6.54 Å². The van der Waals surface area contributed by atoms with E-state index in [9.17, 15) is 19.1 Å². The van der Waals surface area contributed by atoms with Crippen molar-refractivity contribution in [2.45, 2.75) is 38.5 Å². The van der Waals surface area contributed by atoms with Gasteiger partial charge in [0.2, 0.25) is 5.91 Å². The number of rotatable bonds is 5. The topological polar surface area (TPSA) is 66.4 Å². The predicted octanol–water partition coefficient (Wildman–Crippen LogP) is 3.28.